The minimum atomic E-state index is 0.625. The molecule has 0 saturated heterocycles. The molecular weight excluding hydrogens is 184 g/mol. The van der Waals surface area contributed by atoms with Gasteiger partial charge in [-0.3, -0.25) is 0 Å². The van der Waals surface area contributed by atoms with Crippen molar-refractivity contribution in [3.8, 4) is 0 Å². The molecule has 1 aromatic rings. The van der Waals surface area contributed by atoms with Crippen LogP contribution in [-0.4, -0.2) is 18.6 Å². The Labute approximate surface area is 91.1 Å². The molecule has 2 heteroatoms. The molecule has 1 aliphatic carbocycles. The number of rotatable bonds is 3. The summed E-state index contributed by atoms with van der Waals surface area (Å²) in [6.45, 7) is 2.16. The van der Waals surface area contributed by atoms with Gasteiger partial charge in [0.2, 0.25) is 0 Å². The van der Waals surface area contributed by atoms with Crippen LogP contribution in [0.15, 0.2) is 24.3 Å². The van der Waals surface area contributed by atoms with Gasteiger partial charge in [-0.1, -0.05) is 24.3 Å². The molecule has 0 bridgehead atoms. The quantitative estimate of drug-likeness (QED) is 0.775. The predicted molar refractivity (Wildman–Crippen MR) is 61.8 cm³/mol. The van der Waals surface area contributed by atoms with Crippen molar-refractivity contribution in [3.05, 3.63) is 35.4 Å². The third-order valence-corrected chi connectivity index (χ3v) is 3.40. The molecule has 1 aromatic carbocycles. The lowest BCUT2D eigenvalue weighted by molar-refractivity contribution is 0.447. The van der Waals surface area contributed by atoms with E-state index in [9.17, 15) is 0 Å². The highest BCUT2D eigenvalue weighted by atomic mass is 15.0. The monoisotopic (exact) mass is 202 g/mol. The number of fused-ring (bicyclic) bond motifs is 1. The minimum absolute atomic E-state index is 0.625. The molecule has 2 N–H and O–H groups in total. The molecule has 80 valence electrons. The van der Waals surface area contributed by atoms with Gasteiger partial charge in [0.1, 0.15) is 0 Å². The van der Waals surface area contributed by atoms with E-state index >= 15 is 0 Å². The van der Waals surface area contributed by atoms with Crippen molar-refractivity contribution in [2.24, 2.45) is 0 Å². The Morgan fingerprint density at radius 3 is 2.80 bits per heavy atom. The molecule has 2 aliphatic rings. The molecule has 0 aromatic heterocycles. The summed E-state index contributed by atoms with van der Waals surface area (Å²) in [5.74, 6) is 0. The fourth-order valence-corrected chi connectivity index (χ4v) is 2.26. The zero-order chi connectivity index (χ0) is 10.1. The Morgan fingerprint density at radius 2 is 2.00 bits per heavy atom. The third-order valence-electron chi connectivity index (χ3n) is 3.40. The summed E-state index contributed by atoms with van der Waals surface area (Å²) >= 11 is 0. The van der Waals surface area contributed by atoms with E-state index in [1.54, 1.807) is 0 Å². The highest BCUT2D eigenvalue weighted by Gasteiger charge is 2.23. The van der Waals surface area contributed by atoms with Crippen LogP contribution in [0.25, 0.3) is 0 Å². The Bertz CT molecular complexity index is 344. The molecule has 1 fully saturated rings. The fraction of sp³-hybridized carbons (Fsp3) is 0.538. The van der Waals surface area contributed by atoms with Crippen molar-refractivity contribution >= 4 is 0 Å². The second kappa shape index (κ2) is 3.95. The number of hydrogen-bond donors (Lipinski definition) is 2. The van der Waals surface area contributed by atoms with E-state index in [1.807, 2.05) is 0 Å². The topological polar surface area (TPSA) is 24.1 Å². The van der Waals surface area contributed by atoms with Crippen LogP contribution in [0, 0.1) is 0 Å². The lowest BCUT2D eigenvalue weighted by Crippen LogP contribution is -2.43. The van der Waals surface area contributed by atoms with Crippen LogP contribution in [0.1, 0.15) is 24.0 Å². The first-order valence-electron chi connectivity index (χ1n) is 5.95. The van der Waals surface area contributed by atoms with Gasteiger partial charge in [0, 0.05) is 25.2 Å². The molecule has 1 atom stereocenters. The first-order valence-corrected chi connectivity index (χ1v) is 5.95. The fourth-order valence-electron chi connectivity index (χ4n) is 2.26. The predicted octanol–water partition coefficient (Wildman–Crippen LogP) is 1.45. The maximum atomic E-state index is 3.60. The second-order valence-electron chi connectivity index (χ2n) is 4.73. The van der Waals surface area contributed by atoms with Crippen molar-refractivity contribution in [2.75, 3.05) is 6.54 Å². The van der Waals surface area contributed by atoms with Gasteiger partial charge >= 0.3 is 0 Å². The lowest BCUT2D eigenvalue weighted by Gasteiger charge is -2.26. The maximum absolute atomic E-state index is 3.60. The van der Waals surface area contributed by atoms with Crippen LogP contribution in [0.5, 0.6) is 0 Å². The molecule has 15 heavy (non-hydrogen) atoms. The van der Waals surface area contributed by atoms with Crippen molar-refractivity contribution in [1.82, 2.24) is 10.6 Å². The summed E-state index contributed by atoms with van der Waals surface area (Å²) in [6, 6.07) is 10.2. The number of benzene rings is 1. The molecule has 0 spiro atoms. The first kappa shape index (κ1) is 9.37. The second-order valence-corrected chi connectivity index (χ2v) is 4.73. The van der Waals surface area contributed by atoms with Crippen molar-refractivity contribution in [2.45, 2.75) is 37.9 Å². The third kappa shape index (κ3) is 2.21. The van der Waals surface area contributed by atoms with Crippen LogP contribution < -0.4 is 10.6 Å². The van der Waals surface area contributed by atoms with Crippen molar-refractivity contribution in [1.29, 1.82) is 0 Å². The molecule has 0 radical (unpaired) electrons. The minimum Gasteiger partial charge on any atom is -0.312 e. The summed E-state index contributed by atoms with van der Waals surface area (Å²) in [5, 5.41) is 7.19. The maximum Gasteiger partial charge on any atom is 0.0236 e. The van der Waals surface area contributed by atoms with E-state index < -0.39 is 0 Å². The Balaban J connectivity index is 1.61. The normalized spacial score (nSPS) is 24.9. The summed E-state index contributed by atoms with van der Waals surface area (Å²) in [4.78, 5) is 0. The van der Waals surface area contributed by atoms with Gasteiger partial charge in [0.25, 0.3) is 0 Å². The highest BCUT2D eigenvalue weighted by Crippen LogP contribution is 2.20. The largest absolute Gasteiger partial charge is 0.312 e. The molecule has 1 unspecified atom stereocenters. The van der Waals surface area contributed by atoms with Crippen LogP contribution in [0.4, 0.5) is 0 Å². The summed E-state index contributed by atoms with van der Waals surface area (Å²) in [5.41, 5.74) is 3.00. The summed E-state index contributed by atoms with van der Waals surface area (Å²) < 4.78 is 0. The number of hydrogen-bond acceptors (Lipinski definition) is 2. The standard InChI is InChI=1S/C13H18N2/c1-2-4-11-8-14-13(7-10(11)3-1)9-15-12-5-6-12/h1-4,12-15H,5-9H2. The van der Waals surface area contributed by atoms with Gasteiger partial charge in [0.05, 0.1) is 0 Å². The summed E-state index contributed by atoms with van der Waals surface area (Å²) in [7, 11) is 0. The SMILES string of the molecule is c1ccc2c(c1)CNC(CNC1CC1)C2. The first-order chi connectivity index (χ1) is 7.42. The van der Waals surface area contributed by atoms with Gasteiger partial charge < -0.3 is 10.6 Å². The van der Waals surface area contributed by atoms with Gasteiger partial charge in [0.15, 0.2) is 0 Å². The average molecular weight is 202 g/mol. The molecule has 3 rings (SSSR count). The van der Waals surface area contributed by atoms with Gasteiger partial charge in [-0.15, -0.1) is 0 Å². The highest BCUT2D eigenvalue weighted by molar-refractivity contribution is 5.29. The van der Waals surface area contributed by atoms with Crippen LogP contribution >= 0.6 is 0 Å². The van der Waals surface area contributed by atoms with E-state index in [4.69, 9.17) is 0 Å². The molecule has 2 nitrogen and oxygen atoms in total. The average Bonchev–Trinajstić information content (AvgIpc) is 3.10. The van der Waals surface area contributed by atoms with E-state index in [2.05, 4.69) is 34.9 Å². The van der Waals surface area contributed by atoms with E-state index in [1.165, 1.54) is 30.4 Å². The Kier molecular flexibility index (Phi) is 2.47. The van der Waals surface area contributed by atoms with Gasteiger partial charge in [-0.05, 0) is 30.4 Å². The van der Waals surface area contributed by atoms with Crippen LogP contribution in [0.3, 0.4) is 0 Å². The van der Waals surface area contributed by atoms with Gasteiger partial charge in [-0.2, -0.15) is 0 Å². The van der Waals surface area contributed by atoms with Crippen molar-refractivity contribution in [3.63, 3.8) is 0 Å². The lowest BCUT2D eigenvalue weighted by atomic mass is 9.96. The molecule has 1 saturated carbocycles. The molecule has 1 heterocycles. The molecule has 1 aliphatic heterocycles. The zero-order valence-corrected chi connectivity index (χ0v) is 9.00. The smallest absolute Gasteiger partial charge is 0.0236 e. The Morgan fingerprint density at radius 1 is 1.20 bits per heavy atom. The molecular formula is C13H18N2. The van der Waals surface area contributed by atoms with E-state index in [-0.39, 0.29) is 0 Å². The van der Waals surface area contributed by atoms with Crippen LogP contribution in [0.2, 0.25) is 0 Å². The van der Waals surface area contributed by atoms with Gasteiger partial charge in [-0.25, -0.2) is 0 Å². The number of nitrogens with one attached hydrogen (secondary N) is 2. The van der Waals surface area contributed by atoms with Crippen molar-refractivity contribution < 1.29 is 0 Å². The molecule has 0 amide bonds. The summed E-state index contributed by atoms with van der Waals surface area (Å²) in [6.07, 6.45) is 3.93. The Hall–Kier alpha value is -0.860. The zero-order valence-electron chi connectivity index (χ0n) is 9.00. The van der Waals surface area contributed by atoms with E-state index in [0.29, 0.717) is 6.04 Å². The van der Waals surface area contributed by atoms with E-state index in [0.717, 1.165) is 19.1 Å². The van der Waals surface area contributed by atoms with Crippen LogP contribution in [-0.2, 0) is 13.0 Å².